The molecule has 1 atom stereocenters. The van der Waals surface area contributed by atoms with Gasteiger partial charge in [0, 0.05) is 19.5 Å². The van der Waals surface area contributed by atoms with E-state index in [9.17, 15) is 9.59 Å². The van der Waals surface area contributed by atoms with E-state index < -0.39 is 12.1 Å². The Labute approximate surface area is 141 Å². The summed E-state index contributed by atoms with van der Waals surface area (Å²) in [5.41, 5.74) is 1.05. The first kappa shape index (κ1) is 17.9. The zero-order valence-electron chi connectivity index (χ0n) is 14.0. The molecule has 0 spiro atoms. The molecule has 1 unspecified atom stereocenters. The van der Waals surface area contributed by atoms with Crippen molar-refractivity contribution in [2.45, 2.75) is 38.6 Å². The minimum atomic E-state index is -0.837. The Bertz CT molecular complexity index is 588. The van der Waals surface area contributed by atoms with Crippen LogP contribution in [-0.2, 0) is 16.0 Å². The molecular weight excluding hydrogens is 314 g/mol. The summed E-state index contributed by atoms with van der Waals surface area (Å²) in [6.07, 6.45) is 1.40. The number of carbonyl (C=O) groups excluding carboxylic acids is 1. The lowest BCUT2D eigenvalue weighted by atomic mass is 10.1. The Kier molecular flexibility index (Phi) is 6.28. The monoisotopic (exact) mass is 337 g/mol. The van der Waals surface area contributed by atoms with Gasteiger partial charge in [-0.3, -0.25) is 4.79 Å². The lowest BCUT2D eigenvalue weighted by Crippen LogP contribution is -2.37. The number of unbranched alkanes of at least 4 members (excludes halogenated alkanes) is 1. The summed E-state index contributed by atoms with van der Waals surface area (Å²) in [4.78, 5) is 24.0. The third kappa shape index (κ3) is 5.04. The van der Waals surface area contributed by atoms with Gasteiger partial charge in [0.2, 0.25) is 6.79 Å². The van der Waals surface area contributed by atoms with Gasteiger partial charge in [-0.15, -0.1) is 0 Å². The number of benzene rings is 1. The zero-order valence-corrected chi connectivity index (χ0v) is 14.0. The SMILES string of the molecule is CC(Cc1ccc2c(c1)OCO2)N(C)C(=O)OCCCCC(=O)O. The number of hydrogen-bond acceptors (Lipinski definition) is 5. The summed E-state index contributed by atoms with van der Waals surface area (Å²) in [7, 11) is 1.69. The van der Waals surface area contributed by atoms with Gasteiger partial charge in [0.15, 0.2) is 11.5 Å². The van der Waals surface area contributed by atoms with E-state index in [4.69, 9.17) is 19.3 Å². The zero-order chi connectivity index (χ0) is 17.5. The van der Waals surface area contributed by atoms with Crippen molar-refractivity contribution in [2.75, 3.05) is 20.4 Å². The first-order valence-corrected chi connectivity index (χ1v) is 7.97. The van der Waals surface area contributed by atoms with Crippen LogP contribution in [0.15, 0.2) is 18.2 Å². The third-order valence-corrected chi connectivity index (χ3v) is 3.93. The van der Waals surface area contributed by atoms with Crippen LogP contribution < -0.4 is 9.47 Å². The van der Waals surface area contributed by atoms with E-state index in [1.165, 1.54) is 0 Å². The average Bonchev–Trinajstić information content (AvgIpc) is 3.00. The fraction of sp³-hybridized carbons (Fsp3) is 0.529. The van der Waals surface area contributed by atoms with Gasteiger partial charge in [0.05, 0.1) is 6.61 Å². The molecule has 7 heteroatoms. The second-order valence-corrected chi connectivity index (χ2v) is 5.82. The van der Waals surface area contributed by atoms with Gasteiger partial charge in [-0.05, 0) is 43.9 Å². The highest BCUT2D eigenvalue weighted by molar-refractivity contribution is 5.67. The first-order chi connectivity index (χ1) is 11.5. The van der Waals surface area contributed by atoms with E-state index in [0.29, 0.717) is 19.3 Å². The number of aliphatic carboxylic acids is 1. The van der Waals surface area contributed by atoms with Crippen molar-refractivity contribution >= 4 is 12.1 Å². The lowest BCUT2D eigenvalue weighted by Gasteiger charge is -2.24. The maximum Gasteiger partial charge on any atom is 0.409 e. The standard InChI is InChI=1S/C17H23NO6/c1-12(9-13-6-7-14-15(10-13)24-11-23-14)18(2)17(21)22-8-4-3-5-16(19)20/h6-7,10,12H,3-5,8-9,11H2,1-2H3,(H,19,20). The number of rotatable bonds is 8. The molecule has 1 aromatic rings. The molecule has 1 amide bonds. The van der Waals surface area contributed by atoms with Crippen LogP contribution in [0.2, 0.25) is 0 Å². The topological polar surface area (TPSA) is 85.3 Å². The molecule has 0 saturated carbocycles. The predicted octanol–water partition coefficient (Wildman–Crippen LogP) is 2.67. The lowest BCUT2D eigenvalue weighted by molar-refractivity contribution is -0.137. The van der Waals surface area contributed by atoms with Crippen LogP contribution in [0.5, 0.6) is 11.5 Å². The fourth-order valence-electron chi connectivity index (χ4n) is 2.37. The number of ether oxygens (including phenoxy) is 3. The molecule has 7 nitrogen and oxygen atoms in total. The quantitative estimate of drug-likeness (QED) is 0.734. The fourth-order valence-corrected chi connectivity index (χ4v) is 2.37. The Balaban J connectivity index is 1.75. The molecular formula is C17H23NO6. The molecule has 0 aromatic heterocycles. The van der Waals surface area contributed by atoms with Crippen molar-refractivity contribution in [1.29, 1.82) is 0 Å². The van der Waals surface area contributed by atoms with Crippen molar-refractivity contribution < 1.29 is 28.9 Å². The van der Waals surface area contributed by atoms with Crippen molar-refractivity contribution in [3.8, 4) is 11.5 Å². The van der Waals surface area contributed by atoms with Gasteiger partial charge in [-0.25, -0.2) is 4.79 Å². The van der Waals surface area contributed by atoms with Crippen molar-refractivity contribution in [1.82, 2.24) is 4.90 Å². The maximum atomic E-state index is 12.0. The summed E-state index contributed by atoms with van der Waals surface area (Å²) >= 11 is 0. The molecule has 0 fully saturated rings. The maximum absolute atomic E-state index is 12.0. The Morgan fingerprint density at radius 2 is 2.04 bits per heavy atom. The van der Waals surface area contributed by atoms with Crippen LogP contribution >= 0.6 is 0 Å². The van der Waals surface area contributed by atoms with Crippen LogP contribution in [0, 0.1) is 0 Å². The minimum Gasteiger partial charge on any atom is -0.481 e. The smallest absolute Gasteiger partial charge is 0.409 e. The molecule has 2 rings (SSSR count). The molecule has 132 valence electrons. The second kappa shape index (κ2) is 8.42. The van der Waals surface area contributed by atoms with Gasteiger partial charge in [0.1, 0.15) is 0 Å². The molecule has 1 N–H and O–H groups in total. The summed E-state index contributed by atoms with van der Waals surface area (Å²) < 4.78 is 15.8. The average molecular weight is 337 g/mol. The number of carboxylic acid groups (broad SMARTS) is 1. The van der Waals surface area contributed by atoms with E-state index in [-0.39, 0.29) is 25.9 Å². The Morgan fingerprint density at radius 1 is 1.29 bits per heavy atom. The van der Waals surface area contributed by atoms with Crippen molar-refractivity contribution in [3.63, 3.8) is 0 Å². The van der Waals surface area contributed by atoms with Gasteiger partial charge in [-0.1, -0.05) is 6.07 Å². The van der Waals surface area contributed by atoms with E-state index >= 15 is 0 Å². The molecule has 0 bridgehead atoms. The van der Waals surface area contributed by atoms with Crippen LogP contribution in [0.25, 0.3) is 0 Å². The van der Waals surface area contributed by atoms with E-state index in [1.54, 1.807) is 11.9 Å². The predicted molar refractivity (Wildman–Crippen MR) is 86.3 cm³/mol. The van der Waals surface area contributed by atoms with E-state index in [0.717, 1.165) is 17.1 Å². The van der Waals surface area contributed by atoms with Crippen LogP contribution in [0.3, 0.4) is 0 Å². The normalized spacial score (nSPS) is 13.4. The van der Waals surface area contributed by atoms with E-state index in [2.05, 4.69) is 0 Å². The van der Waals surface area contributed by atoms with Gasteiger partial charge < -0.3 is 24.2 Å². The number of hydrogen-bond donors (Lipinski definition) is 1. The van der Waals surface area contributed by atoms with Crippen LogP contribution in [0.1, 0.15) is 31.7 Å². The van der Waals surface area contributed by atoms with E-state index in [1.807, 2.05) is 25.1 Å². The number of carboxylic acids is 1. The number of carbonyl (C=O) groups is 2. The van der Waals surface area contributed by atoms with Crippen molar-refractivity contribution in [2.24, 2.45) is 0 Å². The second-order valence-electron chi connectivity index (χ2n) is 5.82. The molecule has 0 radical (unpaired) electrons. The highest BCUT2D eigenvalue weighted by atomic mass is 16.7. The summed E-state index contributed by atoms with van der Waals surface area (Å²) in [5.74, 6) is 0.625. The van der Waals surface area contributed by atoms with Crippen LogP contribution in [0.4, 0.5) is 4.79 Å². The molecule has 24 heavy (non-hydrogen) atoms. The van der Waals surface area contributed by atoms with Gasteiger partial charge in [0.25, 0.3) is 0 Å². The Morgan fingerprint density at radius 3 is 2.79 bits per heavy atom. The summed E-state index contributed by atoms with van der Waals surface area (Å²) in [5, 5.41) is 8.55. The summed E-state index contributed by atoms with van der Waals surface area (Å²) in [6, 6.07) is 5.70. The molecule has 1 aromatic carbocycles. The first-order valence-electron chi connectivity index (χ1n) is 7.97. The highest BCUT2D eigenvalue weighted by Gasteiger charge is 2.19. The molecule has 1 aliphatic heterocycles. The Hall–Kier alpha value is -2.44. The number of nitrogens with zero attached hydrogens (tertiary/aromatic N) is 1. The molecule has 0 aliphatic carbocycles. The van der Waals surface area contributed by atoms with Gasteiger partial charge in [-0.2, -0.15) is 0 Å². The van der Waals surface area contributed by atoms with Gasteiger partial charge >= 0.3 is 12.1 Å². The highest BCUT2D eigenvalue weighted by Crippen LogP contribution is 2.32. The molecule has 1 aliphatic rings. The number of likely N-dealkylation sites (N-methyl/N-ethyl adjacent to an activating group) is 1. The minimum absolute atomic E-state index is 0.0445. The molecule has 1 heterocycles. The number of amides is 1. The third-order valence-electron chi connectivity index (χ3n) is 3.93. The molecule has 0 saturated heterocycles. The summed E-state index contributed by atoms with van der Waals surface area (Å²) in [6.45, 7) is 2.41. The van der Waals surface area contributed by atoms with Crippen LogP contribution in [-0.4, -0.2) is 48.6 Å². The number of fused-ring (bicyclic) bond motifs is 1. The largest absolute Gasteiger partial charge is 0.481 e. The van der Waals surface area contributed by atoms with Crippen molar-refractivity contribution in [3.05, 3.63) is 23.8 Å².